The van der Waals surface area contributed by atoms with Gasteiger partial charge in [-0.2, -0.15) is 0 Å². The van der Waals surface area contributed by atoms with E-state index in [9.17, 15) is 4.79 Å². The Labute approximate surface area is 192 Å². The van der Waals surface area contributed by atoms with Crippen molar-refractivity contribution in [3.8, 4) is 11.8 Å². The number of benzene rings is 2. The molecule has 164 valence electrons. The number of fused-ring (bicyclic) bond motifs is 1. The monoisotopic (exact) mass is 434 g/mol. The topological polar surface area (TPSA) is 26.3 Å². The van der Waals surface area contributed by atoms with Crippen LogP contribution < -0.4 is 0 Å². The highest BCUT2D eigenvalue weighted by Gasteiger charge is 2.38. The van der Waals surface area contributed by atoms with Crippen molar-refractivity contribution in [1.29, 1.82) is 0 Å². The Morgan fingerprint density at radius 3 is 2.42 bits per heavy atom. The third kappa shape index (κ3) is 5.95. The Morgan fingerprint density at radius 1 is 1.06 bits per heavy atom. The van der Waals surface area contributed by atoms with Crippen LogP contribution in [0.15, 0.2) is 41.3 Å². The first-order chi connectivity index (χ1) is 14.6. The lowest BCUT2D eigenvalue weighted by Gasteiger charge is -2.42. The number of thioether (sulfide) groups is 1. The fourth-order valence-electron chi connectivity index (χ4n) is 4.51. The molecule has 0 aliphatic carbocycles. The van der Waals surface area contributed by atoms with Crippen LogP contribution in [-0.2, 0) is 27.8 Å². The zero-order valence-electron chi connectivity index (χ0n) is 19.7. The summed E-state index contributed by atoms with van der Waals surface area (Å²) in [5.41, 5.74) is 6.15. The molecule has 3 rings (SSSR count). The Balaban J connectivity index is 1.82. The average molecular weight is 435 g/mol. The van der Waals surface area contributed by atoms with Crippen LogP contribution in [0.2, 0.25) is 0 Å². The van der Waals surface area contributed by atoms with Crippen molar-refractivity contribution in [2.24, 2.45) is 0 Å². The molecule has 0 unspecified atom stereocenters. The molecule has 0 saturated heterocycles. The predicted octanol–water partition coefficient (Wildman–Crippen LogP) is 6.70. The molecule has 2 aromatic carbocycles. The Morgan fingerprint density at radius 2 is 1.77 bits per heavy atom. The van der Waals surface area contributed by atoms with E-state index in [1.165, 1.54) is 16.0 Å². The molecule has 0 radical (unpaired) electrons. The van der Waals surface area contributed by atoms with Crippen molar-refractivity contribution in [2.75, 3.05) is 6.61 Å². The molecule has 0 atom stereocenters. The van der Waals surface area contributed by atoms with Crippen LogP contribution in [0, 0.1) is 11.8 Å². The van der Waals surface area contributed by atoms with E-state index >= 15 is 0 Å². The molecule has 0 bridgehead atoms. The summed E-state index contributed by atoms with van der Waals surface area (Å²) in [5.74, 6) is 6.65. The Hall–Kier alpha value is -2.18. The third-order valence-electron chi connectivity index (χ3n) is 5.79. The summed E-state index contributed by atoms with van der Waals surface area (Å²) in [6.07, 6.45) is 3.24. The van der Waals surface area contributed by atoms with Crippen LogP contribution in [0.5, 0.6) is 0 Å². The van der Waals surface area contributed by atoms with E-state index in [4.69, 9.17) is 4.74 Å². The highest BCUT2D eigenvalue weighted by molar-refractivity contribution is 8.00. The van der Waals surface area contributed by atoms with E-state index in [2.05, 4.69) is 70.7 Å². The standard InChI is InChI=1S/C28H34O2S/c1-7-22-18-25-24(27(3,4)19-28(5,6)31-25)17-23(22)15-13-20-9-11-21(12-10-20)14-16-26(29)30-8-2/h9-12,17-18H,7-8,14,16,19H2,1-6H3. The van der Waals surface area contributed by atoms with Crippen molar-refractivity contribution >= 4 is 17.7 Å². The second-order valence-electron chi connectivity index (χ2n) is 9.53. The number of hydrogen-bond donors (Lipinski definition) is 0. The van der Waals surface area contributed by atoms with E-state index in [1.807, 2.05) is 30.8 Å². The van der Waals surface area contributed by atoms with Gasteiger partial charge < -0.3 is 4.74 Å². The molecule has 0 N–H and O–H groups in total. The molecule has 0 saturated carbocycles. The molecule has 1 aliphatic heterocycles. The van der Waals surface area contributed by atoms with Crippen LogP contribution >= 0.6 is 11.8 Å². The zero-order valence-corrected chi connectivity index (χ0v) is 20.5. The zero-order chi connectivity index (χ0) is 22.6. The van der Waals surface area contributed by atoms with Crippen molar-refractivity contribution in [3.05, 3.63) is 64.2 Å². The lowest BCUT2D eigenvalue weighted by molar-refractivity contribution is -0.143. The highest BCUT2D eigenvalue weighted by Crippen LogP contribution is 2.51. The molecule has 0 spiro atoms. The summed E-state index contributed by atoms with van der Waals surface area (Å²) in [5, 5.41) is 0. The lowest BCUT2D eigenvalue weighted by atomic mass is 9.76. The van der Waals surface area contributed by atoms with Gasteiger partial charge in [-0.3, -0.25) is 4.79 Å². The van der Waals surface area contributed by atoms with Gasteiger partial charge in [-0.25, -0.2) is 0 Å². The first kappa shape index (κ1) is 23.5. The van der Waals surface area contributed by atoms with Crippen LogP contribution in [0.25, 0.3) is 0 Å². The highest BCUT2D eigenvalue weighted by atomic mass is 32.2. The minimum Gasteiger partial charge on any atom is -0.466 e. The number of esters is 1. The van der Waals surface area contributed by atoms with Gasteiger partial charge in [-0.1, -0.05) is 58.6 Å². The molecule has 0 aromatic heterocycles. The average Bonchev–Trinajstić information content (AvgIpc) is 2.70. The van der Waals surface area contributed by atoms with E-state index in [-0.39, 0.29) is 16.1 Å². The number of carbonyl (C=O) groups excluding carboxylic acids is 1. The van der Waals surface area contributed by atoms with Gasteiger partial charge in [0.25, 0.3) is 0 Å². The maximum absolute atomic E-state index is 11.5. The summed E-state index contributed by atoms with van der Waals surface area (Å²) in [4.78, 5) is 13.0. The van der Waals surface area contributed by atoms with Gasteiger partial charge in [0, 0.05) is 27.2 Å². The molecule has 2 aromatic rings. The van der Waals surface area contributed by atoms with E-state index in [0.29, 0.717) is 19.4 Å². The molecule has 1 heterocycles. The van der Waals surface area contributed by atoms with Gasteiger partial charge in [-0.15, -0.1) is 11.8 Å². The number of carbonyl (C=O) groups is 1. The molecular weight excluding hydrogens is 400 g/mol. The molecule has 2 nitrogen and oxygen atoms in total. The van der Waals surface area contributed by atoms with Crippen LogP contribution in [-0.4, -0.2) is 17.3 Å². The minimum atomic E-state index is -0.143. The first-order valence-corrected chi connectivity index (χ1v) is 12.1. The van der Waals surface area contributed by atoms with E-state index in [1.54, 1.807) is 0 Å². The normalized spacial score (nSPS) is 16.1. The molecule has 0 fully saturated rings. The largest absolute Gasteiger partial charge is 0.466 e. The summed E-state index contributed by atoms with van der Waals surface area (Å²) in [6, 6.07) is 12.9. The van der Waals surface area contributed by atoms with Gasteiger partial charge in [0.2, 0.25) is 0 Å². The third-order valence-corrected chi connectivity index (χ3v) is 7.04. The van der Waals surface area contributed by atoms with Crippen LogP contribution in [0.4, 0.5) is 0 Å². The second-order valence-corrected chi connectivity index (χ2v) is 11.3. The molecular formula is C28H34O2S. The summed E-state index contributed by atoms with van der Waals surface area (Å²) >= 11 is 2.00. The van der Waals surface area contributed by atoms with Crippen molar-refractivity contribution in [3.63, 3.8) is 0 Å². The van der Waals surface area contributed by atoms with Crippen molar-refractivity contribution < 1.29 is 9.53 Å². The fourth-order valence-corrected chi connectivity index (χ4v) is 6.19. The quantitative estimate of drug-likeness (QED) is 0.387. The SMILES string of the molecule is CCOC(=O)CCc1ccc(C#Cc2cc3c(cc2CC)SC(C)(C)CC3(C)C)cc1. The van der Waals surface area contributed by atoms with Gasteiger partial charge in [0.1, 0.15) is 0 Å². The van der Waals surface area contributed by atoms with E-state index < -0.39 is 0 Å². The smallest absolute Gasteiger partial charge is 0.306 e. The van der Waals surface area contributed by atoms with Crippen molar-refractivity contribution in [2.45, 2.75) is 82.3 Å². The Bertz CT molecular complexity index is 1000. The van der Waals surface area contributed by atoms with Crippen LogP contribution in [0.3, 0.4) is 0 Å². The van der Waals surface area contributed by atoms with Gasteiger partial charge in [0.15, 0.2) is 0 Å². The Kier molecular flexibility index (Phi) is 7.22. The van der Waals surface area contributed by atoms with Crippen LogP contribution in [0.1, 0.15) is 82.2 Å². The number of hydrogen-bond acceptors (Lipinski definition) is 3. The maximum atomic E-state index is 11.5. The number of aryl methyl sites for hydroxylation is 2. The fraction of sp³-hybridized carbons (Fsp3) is 0.464. The number of rotatable bonds is 5. The second kappa shape index (κ2) is 9.53. The van der Waals surface area contributed by atoms with Gasteiger partial charge in [-0.05, 0) is 72.6 Å². The molecule has 31 heavy (non-hydrogen) atoms. The first-order valence-electron chi connectivity index (χ1n) is 11.3. The van der Waals surface area contributed by atoms with Gasteiger partial charge >= 0.3 is 5.97 Å². The minimum absolute atomic E-state index is 0.143. The predicted molar refractivity (Wildman–Crippen MR) is 131 cm³/mol. The number of ether oxygens (including phenoxy) is 1. The summed E-state index contributed by atoms with van der Waals surface area (Å²) in [6.45, 7) is 13.9. The van der Waals surface area contributed by atoms with E-state index in [0.717, 1.165) is 29.5 Å². The molecule has 1 aliphatic rings. The van der Waals surface area contributed by atoms with Gasteiger partial charge in [0.05, 0.1) is 6.61 Å². The lowest BCUT2D eigenvalue weighted by Crippen LogP contribution is -2.33. The maximum Gasteiger partial charge on any atom is 0.306 e. The summed E-state index contributed by atoms with van der Waals surface area (Å²) in [7, 11) is 0. The molecule has 0 amide bonds. The molecule has 3 heteroatoms. The van der Waals surface area contributed by atoms with Crippen molar-refractivity contribution in [1.82, 2.24) is 0 Å². The summed E-state index contributed by atoms with van der Waals surface area (Å²) < 4.78 is 5.25.